The van der Waals surface area contributed by atoms with E-state index in [0.717, 1.165) is 25.7 Å². The summed E-state index contributed by atoms with van der Waals surface area (Å²) in [6, 6.07) is 0.0724. The molecule has 1 aromatic rings. The van der Waals surface area contributed by atoms with Gasteiger partial charge in [-0.05, 0) is 32.3 Å². The summed E-state index contributed by atoms with van der Waals surface area (Å²) in [5.41, 5.74) is 5.56. The molecule has 1 aliphatic rings. The first-order valence-corrected chi connectivity index (χ1v) is 8.62. The quantitative estimate of drug-likeness (QED) is 0.397. The van der Waals surface area contributed by atoms with E-state index in [1.165, 1.54) is 12.2 Å². The molecule has 8 nitrogen and oxygen atoms in total. The first kappa shape index (κ1) is 19.0. The lowest BCUT2D eigenvalue weighted by Gasteiger charge is -2.05. The fourth-order valence-electron chi connectivity index (χ4n) is 2.07. The third kappa shape index (κ3) is 5.60. The van der Waals surface area contributed by atoms with Gasteiger partial charge in [0.2, 0.25) is 0 Å². The molecule has 1 aromatic heterocycles. The number of carbonyl (C=O) groups is 3. The van der Waals surface area contributed by atoms with Crippen molar-refractivity contribution in [2.75, 3.05) is 0 Å². The van der Waals surface area contributed by atoms with Crippen molar-refractivity contribution in [2.24, 2.45) is 0 Å². The normalized spacial score (nSPS) is 13.7. The molecular formula is C16H22ClN5O3. The molecule has 0 spiro atoms. The Hall–Kier alpha value is -2.35. The summed E-state index contributed by atoms with van der Waals surface area (Å²) in [6.45, 7) is 4.59. The van der Waals surface area contributed by atoms with Gasteiger partial charge in [0.25, 0.3) is 5.91 Å². The van der Waals surface area contributed by atoms with Crippen LogP contribution in [-0.4, -0.2) is 33.5 Å². The predicted octanol–water partition coefficient (Wildman–Crippen LogP) is 1.08. The summed E-state index contributed by atoms with van der Waals surface area (Å²) in [7, 11) is 0. The highest BCUT2D eigenvalue weighted by molar-refractivity contribution is 6.35. The molecule has 0 unspecified atom stereocenters. The molecule has 3 amide bonds. The molecule has 0 bridgehead atoms. The predicted molar refractivity (Wildman–Crippen MR) is 93.4 cm³/mol. The van der Waals surface area contributed by atoms with Crippen LogP contribution in [0.2, 0.25) is 5.15 Å². The van der Waals surface area contributed by atoms with Gasteiger partial charge in [-0.15, -0.1) is 0 Å². The standard InChI is InChI=1S/C16H22ClN5O3/c1-3-4-9-22-14(17)12(10(2)21-22)7-8-13(23)19-20-16(25)15(24)18-11-5-6-11/h7-8,11H,3-6,9H2,1-2H3,(H,18,24)(H,19,23)(H,20,25)/b8-7+. The number of nitrogens with one attached hydrogen (secondary N) is 3. The fraction of sp³-hybridized carbons (Fsp3) is 0.500. The monoisotopic (exact) mass is 367 g/mol. The smallest absolute Gasteiger partial charge is 0.327 e. The van der Waals surface area contributed by atoms with Crippen LogP contribution in [0, 0.1) is 6.92 Å². The van der Waals surface area contributed by atoms with Crippen molar-refractivity contribution < 1.29 is 14.4 Å². The van der Waals surface area contributed by atoms with Crippen molar-refractivity contribution in [3.05, 3.63) is 22.5 Å². The Morgan fingerprint density at radius 1 is 1.28 bits per heavy atom. The Morgan fingerprint density at radius 3 is 2.64 bits per heavy atom. The van der Waals surface area contributed by atoms with E-state index < -0.39 is 17.7 Å². The van der Waals surface area contributed by atoms with Crippen molar-refractivity contribution in [2.45, 2.75) is 52.1 Å². The van der Waals surface area contributed by atoms with Crippen LogP contribution in [0.25, 0.3) is 6.08 Å². The van der Waals surface area contributed by atoms with E-state index in [9.17, 15) is 14.4 Å². The molecule has 25 heavy (non-hydrogen) atoms. The van der Waals surface area contributed by atoms with Gasteiger partial charge in [0.05, 0.1) is 5.69 Å². The number of rotatable bonds is 6. The number of nitrogens with zero attached hydrogens (tertiary/aromatic N) is 2. The van der Waals surface area contributed by atoms with E-state index in [4.69, 9.17) is 11.6 Å². The summed E-state index contributed by atoms with van der Waals surface area (Å²) >= 11 is 6.27. The van der Waals surface area contributed by atoms with Crippen molar-refractivity contribution in [1.29, 1.82) is 0 Å². The number of hydrogen-bond donors (Lipinski definition) is 3. The minimum absolute atomic E-state index is 0.0724. The van der Waals surface area contributed by atoms with Gasteiger partial charge in [-0.2, -0.15) is 5.10 Å². The molecule has 136 valence electrons. The second-order valence-electron chi connectivity index (χ2n) is 5.89. The highest BCUT2D eigenvalue weighted by Gasteiger charge is 2.26. The summed E-state index contributed by atoms with van der Waals surface area (Å²) in [6.07, 6.45) is 6.48. The number of hydrazine groups is 1. The van der Waals surface area contributed by atoms with E-state index in [2.05, 4.69) is 28.2 Å². The van der Waals surface area contributed by atoms with Gasteiger partial charge >= 0.3 is 11.8 Å². The van der Waals surface area contributed by atoms with Gasteiger partial charge in [-0.1, -0.05) is 24.9 Å². The molecule has 0 aliphatic heterocycles. The van der Waals surface area contributed by atoms with Crippen LogP contribution in [0.3, 0.4) is 0 Å². The van der Waals surface area contributed by atoms with Gasteiger partial charge in [0.1, 0.15) is 5.15 Å². The lowest BCUT2D eigenvalue weighted by atomic mass is 10.2. The Kier molecular flexibility index (Phi) is 6.58. The van der Waals surface area contributed by atoms with E-state index >= 15 is 0 Å². The van der Waals surface area contributed by atoms with E-state index in [-0.39, 0.29) is 6.04 Å². The van der Waals surface area contributed by atoms with E-state index in [0.29, 0.717) is 23.0 Å². The van der Waals surface area contributed by atoms with Gasteiger partial charge in [0, 0.05) is 24.2 Å². The number of amides is 3. The lowest BCUT2D eigenvalue weighted by Crippen LogP contribution is -2.48. The molecule has 3 N–H and O–H groups in total. The average molecular weight is 368 g/mol. The fourth-order valence-corrected chi connectivity index (χ4v) is 2.39. The Morgan fingerprint density at radius 2 is 2.00 bits per heavy atom. The molecule has 1 saturated carbocycles. The van der Waals surface area contributed by atoms with E-state index in [1.807, 2.05) is 0 Å². The first-order chi connectivity index (χ1) is 11.9. The van der Waals surface area contributed by atoms with Crippen molar-refractivity contribution >= 4 is 35.4 Å². The maximum absolute atomic E-state index is 11.8. The number of hydrogen-bond acceptors (Lipinski definition) is 4. The highest BCUT2D eigenvalue weighted by Crippen LogP contribution is 2.21. The molecule has 9 heteroatoms. The van der Waals surface area contributed by atoms with Crippen molar-refractivity contribution in [3.8, 4) is 0 Å². The highest BCUT2D eigenvalue weighted by atomic mass is 35.5. The molecule has 1 fully saturated rings. The van der Waals surface area contributed by atoms with Crippen LogP contribution in [0.4, 0.5) is 0 Å². The minimum Gasteiger partial charge on any atom is -0.345 e. The third-order valence-corrected chi connectivity index (χ3v) is 4.05. The average Bonchev–Trinajstić information content (AvgIpc) is 3.35. The molecular weight excluding hydrogens is 346 g/mol. The van der Waals surface area contributed by atoms with Gasteiger partial charge in [0.15, 0.2) is 0 Å². The summed E-state index contributed by atoms with van der Waals surface area (Å²) in [5, 5.41) is 7.32. The largest absolute Gasteiger partial charge is 0.345 e. The summed E-state index contributed by atoms with van der Waals surface area (Å²) < 4.78 is 1.70. The van der Waals surface area contributed by atoms with Crippen LogP contribution in [-0.2, 0) is 20.9 Å². The van der Waals surface area contributed by atoms with Crippen LogP contribution in [0.1, 0.15) is 43.9 Å². The van der Waals surface area contributed by atoms with Crippen molar-refractivity contribution in [3.63, 3.8) is 0 Å². The van der Waals surface area contributed by atoms with E-state index in [1.54, 1.807) is 11.6 Å². The molecule has 0 aromatic carbocycles. The second-order valence-corrected chi connectivity index (χ2v) is 6.25. The van der Waals surface area contributed by atoms with Crippen LogP contribution >= 0.6 is 11.6 Å². The maximum atomic E-state index is 11.8. The van der Waals surface area contributed by atoms with Crippen LogP contribution < -0.4 is 16.2 Å². The topological polar surface area (TPSA) is 105 Å². The molecule has 1 heterocycles. The van der Waals surface area contributed by atoms with Crippen LogP contribution in [0.5, 0.6) is 0 Å². The molecule has 0 radical (unpaired) electrons. The minimum atomic E-state index is -0.907. The molecule has 0 saturated heterocycles. The number of aryl methyl sites for hydroxylation is 2. The second kappa shape index (κ2) is 8.66. The third-order valence-electron chi connectivity index (χ3n) is 3.65. The number of unbranched alkanes of at least 4 members (excludes halogenated alkanes) is 1. The van der Waals surface area contributed by atoms with Crippen molar-refractivity contribution in [1.82, 2.24) is 25.9 Å². The van der Waals surface area contributed by atoms with Gasteiger partial charge in [-0.25, -0.2) is 0 Å². The Labute approximate surface area is 150 Å². The zero-order valence-electron chi connectivity index (χ0n) is 14.3. The number of carbonyl (C=O) groups excluding carboxylic acids is 3. The zero-order chi connectivity index (χ0) is 18.4. The Bertz CT molecular complexity index is 694. The SMILES string of the molecule is CCCCn1nc(C)c(/C=C/C(=O)NNC(=O)C(=O)NC2CC2)c1Cl. The van der Waals surface area contributed by atoms with Crippen LogP contribution in [0.15, 0.2) is 6.08 Å². The summed E-state index contributed by atoms with van der Waals surface area (Å²) in [4.78, 5) is 34.7. The maximum Gasteiger partial charge on any atom is 0.327 e. The Balaban J connectivity index is 1.86. The summed E-state index contributed by atoms with van der Waals surface area (Å²) in [5.74, 6) is -2.25. The van der Waals surface area contributed by atoms with Gasteiger partial charge in [-0.3, -0.25) is 29.9 Å². The zero-order valence-corrected chi connectivity index (χ0v) is 15.0. The lowest BCUT2D eigenvalue weighted by molar-refractivity contribution is -0.140. The molecule has 0 atom stereocenters. The molecule has 1 aliphatic carbocycles. The molecule has 2 rings (SSSR count). The van der Waals surface area contributed by atoms with Gasteiger partial charge < -0.3 is 5.32 Å². The number of halogens is 1. The first-order valence-electron chi connectivity index (χ1n) is 8.24. The number of aromatic nitrogens is 2.